The largest absolute Gasteiger partial charge is 0.0774 e. The minimum atomic E-state index is -1.25. The minimum absolute atomic E-state index is 1.17. The highest BCUT2D eigenvalue weighted by Crippen LogP contribution is 2.24. The van der Waals surface area contributed by atoms with Crippen LogP contribution in [0, 0.1) is 0 Å². The van der Waals surface area contributed by atoms with Gasteiger partial charge >= 0.3 is 0 Å². The summed E-state index contributed by atoms with van der Waals surface area (Å²) in [4.78, 5) is 0. The third kappa shape index (κ3) is 2.55. The molecule has 0 aliphatic heterocycles. The van der Waals surface area contributed by atoms with E-state index in [1.54, 1.807) is 15.9 Å². The van der Waals surface area contributed by atoms with E-state index >= 15 is 0 Å². The van der Waals surface area contributed by atoms with Crippen LogP contribution in [0.5, 0.6) is 0 Å². The Labute approximate surface area is 114 Å². The molecule has 0 unspecified atom stereocenters. The Hall–Kier alpha value is -0.606. The Morgan fingerprint density at radius 3 is 1.83 bits per heavy atom. The van der Waals surface area contributed by atoms with E-state index in [1.165, 1.54) is 17.6 Å². The predicted octanol–water partition coefficient (Wildman–Crippen LogP) is 3.74. The second-order valence-corrected chi connectivity index (χ2v) is 17.8. The first-order valence-corrected chi connectivity index (χ1v) is 13.9. The van der Waals surface area contributed by atoms with Crippen LogP contribution in [0.15, 0.2) is 17.7 Å². The highest BCUT2D eigenvalue weighted by molar-refractivity contribution is 6.98. The molecular formula is C16H26Si2. The zero-order valence-corrected chi connectivity index (χ0v) is 14.9. The molecule has 0 N–H and O–H groups in total. The Morgan fingerprint density at radius 1 is 0.833 bits per heavy atom. The molecule has 0 fully saturated rings. The van der Waals surface area contributed by atoms with Crippen molar-refractivity contribution in [1.29, 1.82) is 0 Å². The van der Waals surface area contributed by atoms with Gasteiger partial charge in [0.2, 0.25) is 0 Å². The summed E-state index contributed by atoms with van der Waals surface area (Å²) in [6, 6.07) is 5.06. The van der Waals surface area contributed by atoms with E-state index in [1.807, 2.05) is 0 Å². The fourth-order valence-corrected chi connectivity index (χ4v) is 8.01. The topological polar surface area (TPSA) is 0 Å². The average Bonchev–Trinajstić information content (AvgIpc) is 2.52. The van der Waals surface area contributed by atoms with Crippen LogP contribution >= 0.6 is 0 Å². The molecule has 0 amide bonds. The van der Waals surface area contributed by atoms with E-state index < -0.39 is 16.1 Å². The first kappa shape index (κ1) is 13.8. The lowest BCUT2D eigenvalue weighted by Gasteiger charge is -2.29. The summed E-state index contributed by atoms with van der Waals surface area (Å²) in [5.74, 6) is 0. The van der Waals surface area contributed by atoms with Crippen LogP contribution in [0.4, 0.5) is 0 Å². The first-order valence-electron chi connectivity index (χ1n) is 6.94. The van der Waals surface area contributed by atoms with Gasteiger partial charge in [-0.15, -0.1) is 0 Å². The number of allylic oxidation sites excluding steroid dienone is 1. The van der Waals surface area contributed by atoms with Gasteiger partial charge in [0.25, 0.3) is 0 Å². The van der Waals surface area contributed by atoms with Gasteiger partial charge in [-0.2, -0.15) is 0 Å². The molecule has 1 aliphatic rings. The van der Waals surface area contributed by atoms with Crippen LogP contribution in [-0.4, -0.2) is 16.1 Å². The molecule has 0 nitrogen and oxygen atoms in total. The zero-order chi connectivity index (χ0) is 13.7. The van der Waals surface area contributed by atoms with Crippen molar-refractivity contribution in [3.8, 4) is 0 Å². The van der Waals surface area contributed by atoms with E-state index in [2.05, 4.69) is 64.4 Å². The van der Waals surface area contributed by atoms with Gasteiger partial charge in [0, 0.05) is 0 Å². The van der Waals surface area contributed by atoms with Crippen LogP contribution in [0.1, 0.15) is 18.1 Å². The molecule has 0 saturated heterocycles. The molecule has 0 atom stereocenters. The highest BCUT2D eigenvalue weighted by atomic mass is 28.3. The summed E-state index contributed by atoms with van der Waals surface area (Å²) in [7, 11) is -2.49. The average molecular weight is 275 g/mol. The smallest absolute Gasteiger partial charge is 0.0683 e. The van der Waals surface area contributed by atoms with Gasteiger partial charge in [-0.3, -0.25) is 0 Å². The molecule has 1 aromatic rings. The third-order valence-electron chi connectivity index (χ3n) is 3.77. The summed E-state index contributed by atoms with van der Waals surface area (Å²) < 4.78 is 0. The lowest BCUT2D eigenvalue weighted by molar-refractivity contribution is 1.20. The van der Waals surface area contributed by atoms with Crippen LogP contribution < -0.4 is 10.4 Å². The van der Waals surface area contributed by atoms with Crippen molar-refractivity contribution in [3.05, 3.63) is 28.8 Å². The Bertz CT molecular complexity index is 511. The molecular weight excluding hydrogens is 248 g/mol. The lowest BCUT2D eigenvalue weighted by atomic mass is 10.1. The summed E-state index contributed by atoms with van der Waals surface area (Å²) in [6.07, 6.45) is 3.55. The van der Waals surface area contributed by atoms with Gasteiger partial charge in [-0.05, 0) is 24.5 Å². The monoisotopic (exact) mass is 274 g/mol. The Balaban J connectivity index is 2.66. The van der Waals surface area contributed by atoms with E-state index in [0.29, 0.717) is 0 Å². The van der Waals surface area contributed by atoms with Crippen molar-refractivity contribution in [3.63, 3.8) is 0 Å². The summed E-state index contributed by atoms with van der Waals surface area (Å²) in [5, 5.41) is 3.41. The van der Waals surface area contributed by atoms with Crippen LogP contribution in [-0.2, 0) is 6.42 Å². The van der Waals surface area contributed by atoms with E-state index in [0.717, 1.165) is 0 Å². The number of hydrogen-bond acceptors (Lipinski definition) is 0. The third-order valence-corrected chi connectivity index (χ3v) is 8.08. The molecule has 98 valence electrons. The summed E-state index contributed by atoms with van der Waals surface area (Å²) in [6.45, 7) is 17.1. The first-order chi connectivity index (χ1) is 8.09. The van der Waals surface area contributed by atoms with E-state index in [9.17, 15) is 0 Å². The van der Waals surface area contributed by atoms with Gasteiger partial charge in [0.1, 0.15) is 0 Å². The summed E-state index contributed by atoms with van der Waals surface area (Å²) >= 11 is 0. The summed E-state index contributed by atoms with van der Waals surface area (Å²) in [5.41, 5.74) is 4.57. The minimum Gasteiger partial charge on any atom is -0.0683 e. The number of benzene rings is 1. The zero-order valence-electron chi connectivity index (χ0n) is 12.9. The highest BCUT2D eigenvalue weighted by Gasteiger charge is 2.29. The van der Waals surface area contributed by atoms with Gasteiger partial charge in [0.15, 0.2) is 0 Å². The molecule has 18 heavy (non-hydrogen) atoms. The van der Waals surface area contributed by atoms with Crippen LogP contribution in [0.2, 0.25) is 39.3 Å². The van der Waals surface area contributed by atoms with Crippen LogP contribution in [0.25, 0.3) is 6.08 Å². The quantitative estimate of drug-likeness (QED) is 0.721. The van der Waals surface area contributed by atoms with Gasteiger partial charge in [-0.25, -0.2) is 0 Å². The second kappa shape index (κ2) is 4.21. The SMILES string of the molecule is CC1=Cc2cc([Si](C)(C)C)c([Si](C)(C)C)cc2C1. The lowest BCUT2D eigenvalue weighted by Crippen LogP contribution is -2.56. The standard InChI is InChI=1S/C16H26Si2/c1-12-8-13-10-15(17(2,3)4)16(18(5,6)7)11-14(13)9-12/h8,10-11H,9H2,1-7H3. The number of hydrogen-bond donors (Lipinski definition) is 0. The van der Waals surface area contributed by atoms with Crippen molar-refractivity contribution < 1.29 is 0 Å². The molecule has 2 heteroatoms. The molecule has 0 saturated carbocycles. The van der Waals surface area contributed by atoms with Crippen molar-refractivity contribution in [1.82, 2.24) is 0 Å². The molecule has 0 aromatic heterocycles. The maximum absolute atomic E-state index is 2.54. The fourth-order valence-electron chi connectivity index (χ4n) is 2.81. The van der Waals surface area contributed by atoms with Crippen molar-refractivity contribution in [2.75, 3.05) is 0 Å². The second-order valence-electron chi connectivity index (χ2n) is 7.76. The predicted molar refractivity (Wildman–Crippen MR) is 89.8 cm³/mol. The molecule has 1 aromatic carbocycles. The maximum Gasteiger partial charge on any atom is 0.0774 e. The number of rotatable bonds is 2. The van der Waals surface area contributed by atoms with Gasteiger partial charge < -0.3 is 0 Å². The van der Waals surface area contributed by atoms with Gasteiger partial charge in [0.05, 0.1) is 16.1 Å². The molecule has 0 bridgehead atoms. The molecule has 2 rings (SSSR count). The van der Waals surface area contributed by atoms with E-state index in [-0.39, 0.29) is 0 Å². The maximum atomic E-state index is 2.54. The van der Waals surface area contributed by atoms with Gasteiger partial charge in [-0.1, -0.05) is 73.4 Å². The molecule has 0 spiro atoms. The Morgan fingerprint density at radius 2 is 1.33 bits per heavy atom. The van der Waals surface area contributed by atoms with Crippen molar-refractivity contribution in [2.24, 2.45) is 0 Å². The van der Waals surface area contributed by atoms with Crippen molar-refractivity contribution >= 4 is 32.6 Å². The molecule has 0 radical (unpaired) electrons. The van der Waals surface area contributed by atoms with E-state index in [4.69, 9.17) is 0 Å². The number of fused-ring (bicyclic) bond motifs is 1. The van der Waals surface area contributed by atoms with Crippen molar-refractivity contribution in [2.45, 2.75) is 52.6 Å². The molecule has 0 heterocycles. The van der Waals surface area contributed by atoms with Crippen LogP contribution in [0.3, 0.4) is 0 Å². The molecule has 1 aliphatic carbocycles. The fraction of sp³-hybridized carbons (Fsp3) is 0.500. The Kier molecular flexibility index (Phi) is 3.23. The normalized spacial score (nSPS) is 15.6.